The number of benzene rings is 1. The first-order chi connectivity index (χ1) is 9.50. The number of hydrogen-bond donors (Lipinski definition) is 0. The van der Waals surface area contributed by atoms with Crippen molar-refractivity contribution >= 4 is 0 Å². The number of unbranched alkanes of at least 4 members (excludes halogenated alkanes) is 1. The van der Waals surface area contributed by atoms with Gasteiger partial charge in [0.1, 0.15) is 0 Å². The average Bonchev–Trinajstić information content (AvgIpc) is 2.45. The standard InChI is InChI=1S/C15H19F3O2/c1-2-3-4-11-9-19-14(20-10-11)12-5-7-13(8-6-12)15(16,17)18/h5-8,11,14H,2-4,9-10H2,1H3. The Balaban J connectivity index is 1.90. The van der Waals surface area contributed by atoms with Gasteiger partial charge in [-0.05, 0) is 18.6 Å². The maximum atomic E-state index is 12.5. The maximum absolute atomic E-state index is 12.5. The van der Waals surface area contributed by atoms with Gasteiger partial charge >= 0.3 is 6.18 Å². The Hall–Kier alpha value is -1.07. The monoisotopic (exact) mass is 288 g/mol. The topological polar surface area (TPSA) is 18.5 Å². The lowest BCUT2D eigenvalue weighted by atomic mass is 10.0. The van der Waals surface area contributed by atoms with Gasteiger partial charge in [0.15, 0.2) is 6.29 Å². The number of hydrogen-bond acceptors (Lipinski definition) is 2. The molecular formula is C15H19F3O2. The van der Waals surface area contributed by atoms with Gasteiger partial charge in [0.2, 0.25) is 0 Å². The third kappa shape index (κ3) is 3.96. The van der Waals surface area contributed by atoms with Crippen LogP contribution in [0.15, 0.2) is 24.3 Å². The van der Waals surface area contributed by atoms with Crippen LogP contribution < -0.4 is 0 Å². The van der Waals surface area contributed by atoms with Crippen LogP contribution in [0.5, 0.6) is 0 Å². The zero-order valence-corrected chi connectivity index (χ0v) is 11.5. The van der Waals surface area contributed by atoms with Crippen LogP contribution in [0.25, 0.3) is 0 Å². The molecule has 0 aromatic heterocycles. The predicted octanol–water partition coefficient (Wildman–Crippen LogP) is 4.56. The summed E-state index contributed by atoms with van der Waals surface area (Å²) >= 11 is 0. The smallest absolute Gasteiger partial charge is 0.348 e. The van der Waals surface area contributed by atoms with Crippen LogP contribution in [-0.4, -0.2) is 13.2 Å². The molecule has 1 aromatic rings. The molecule has 0 radical (unpaired) electrons. The molecule has 5 heteroatoms. The Morgan fingerprint density at radius 2 is 1.70 bits per heavy atom. The molecule has 0 atom stereocenters. The molecule has 0 saturated carbocycles. The van der Waals surface area contributed by atoms with Gasteiger partial charge in [-0.2, -0.15) is 13.2 Å². The Morgan fingerprint density at radius 1 is 1.10 bits per heavy atom. The number of rotatable bonds is 4. The Bertz CT molecular complexity index is 406. The first kappa shape index (κ1) is 15.3. The molecule has 1 aliphatic heterocycles. The normalized spacial score (nSPS) is 23.8. The highest BCUT2D eigenvalue weighted by molar-refractivity contribution is 5.25. The molecule has 2 nitrogen and oxygen atoms in total. The Labute approximate surface area is 116 Å². The highest BCUT2D eigenvalue weighted by atomic mass is 19.4. The van der Waals surface area contributed by atoms with Crippen LogP contribution in [0.3, 0.4) is 0 Å². The van der Waals surface area contributed by atoms with E-state index in [-0.39, 0.29) is 0 Å². The van der Waals surface area contributed by atoms with Crippen LogP contribution in [-0.2, 0) is 15.7 Å². The molecule has 1 aromatic carbocycles. The lowest BCUT2D eigenvalue weighted by Gasteiger charge is -2.29. The zero-order chi connectivity index (χ0) is 14.6. The minimum Gasteiger partial charge on any atom is -0.348 e. The summed E-state index contributed by atoms with van der Waals surface area (Å²) in [7, 11) is 0. The molecule has 1 fully saturated rings. The third-order valence-electron chi connectivity index (χ3n) is 3.44. The summed E-state index contributed by atoms with van der Waals surface area (Å²) in [6.45, 7) is 3.34. The first-order valence-electron chi connectivity index (χ1n) is 6.91. The quantitative estimate of drug-likeness (QED) is 0.808. The van der Waals surface area contributed by atoms with Crippen LogP contribution in [0.1, 0.15) is 43.6 Å². The van der Waals surface area contributed by atoms with E-state index in [9.17, 15) is 13.2 Å². The van der Waals surface area contributed by atoms with E-state index >= 15 is 0 Å². The third-order valence-corrected chi connectivity index (χ3v) is 3.44. The summed E-state index contributed by atoms with van der Waals surface area (Å²) in [6, 6.07) is 4.95. The minimum atomic E-state index is -4.31. The molecule has 0 spiro atoms. The summed E-state index contributed by atoms with van der Waals surface area (Å²) in [6.07, 6.45) is -1.51. The molecule has 0 unspecified atom stereocenters. The van der Waals surface area contributed by atoms with Crippen molar-refractivity contribution in [3.8, 4) is 0 Å². The highest BCUT2D eigenvalue weighted by Crippen LogP contribution is 2.32. The summed E-state index contributed by atoms with van der Waals surface area (Å²) < 4.78 is 48.6. The van der Waals surface area contributed by atoms with E-state index < -0.39 is 18.0 Å². The molecule has 112 valence electrons. The fourth-order valence-corrected chi connectivity index (χ4v) is 2.22. The van der Waals surface area contributed by atoms with Crippen molar-refractivity contribution < 1.29 is 22.6 Å². The summed E-state index contributed by atoms with van der Waals surface area (Å²) in [5, 5.41) is 0. The van der Waals surface area contributed by atoms with Crippen molar-refractivity contribution in [2.45, 2.75) is 38.7 Å². The van der Waals surface area contributed by atoms with E-state index in [4.69, 9.17) is 9.47 Å². The molecule has 20 heavy (non-hydrogen) atoms. The van der Waals surface area contributed by atoms with Crippen molar-refractivity contribution in [3.63, 3.8) is 0 Å². The van der Waals surface area contributed by atoms with Gasteiger partial charge in [-0.3, -0.25) is 0 Å². The molecule has 0 aliphatic carbocycles. The van der Waals surface area contributed by atoms with Gasteiger partial charge in [-0.25, -0.2) is 0 Å². The Morgan fingerprint density at radius 3 is 2.20 bits per heavy atom. The van der Waals surface area contributed by atoms with Crippen LogP contribution in [0.2, 0.25) is 0 Å². The van der Waals surface area contributed by atoms with E-state index in [0.717, 1.165) is 31.4 Å². The van der Waals surface area contributed by atoms with Gasteiger partial charge < -0.3 is 9.47 Å². The molecule has 0 amide bonds. The molecule has 2 rings (SSSR count). The summed E-state index contributed by atoms with van der Waals surface area (Å²) in [5.41, 5.74) is -0.0233. The summed E-state index contributed by atoms with van der Waals surface area (Å²) in [5.74, 6) is 0.389. The van der Waals surface area contributed by atoms with Crippen LogP contribution in [0.4, 0.5) is 13.2 Å². The lowest BCUT2D eigenvalue weighted by molar-refractivity contribution is -0.206. The zero-order valence-electron chi connectivity index (χ0n) is 11.5. The second kappa shape index (κ2) is 6.59. The largest absolute Gasteiger partial charge is 0.416 e. The molecule has 1 saturated heterocycles. The second-order valence-corrected chi connectivity index (χ2v) is 5.13. The van der Waals surface area contributed by atoms with Gasteiger partial charge in [-0.15, -0.1) is 0 Å². The second-order valence-electron chi connectivity index (χ2n) is 5.13. The predicted molar refractivity (Wildman–Crippen MR) is 69.1 cm³/mol. The number of alkyl halides is 3. The summed E-state index contributed by atoms with van der Waals surface area (Å²) in [4.78, 5) is 0. The van der Waals surface area contributed by atoms with Crippen molar-refractivity contribution in [1.82, 2.24) is 0 Å². The van der Waals surface area contributed by atoms with Gasteiger partial charge in [-0.1, -0.05) is 31.9 Å². The number of halogens is 3. The van der Waals surface area contributed by atoms with Crippen molar-refractivity contribution in [1.29, 1.82) is 0 Å². The first-order valence-corrected chi connectivity index (χ1v) is 6.91. The van der Waals surface area contributed by atoms with E-state index in [0.29, 0.717) is 24.7 Å². The SMILES string of the molecule is CCCCC1COC(c2ccc(C(F)(F)F)cc2)OC1. The van der Waals surface area contributed by atoms with Gasteiger partial charge in [0.25, 0.3) is 0 Å². The van der Waals surface area contributed by atoms with Crippen molar-refractivity contribution in [2.75, 3.05) is 13.2 Å². The number of ether oxygens (including phenoxy) is 2. The van der Waals surface area contributed by atoms with E-state index in [1.54, 1.807) is 0 Å². The fourth-order valence-electron chi connectivity index (χ4n) is 2.22. The maximum Gasteiger partial charge on any atom is 0.416 e. The molecule has 1 heterocycles. The van der Waals surface area contributed by atoms with Gasteiger partial charge in [0.05, 0.1) is 18.8 Å². The van der Waals surface area contributed by atoms with E-state index in [2.05, 4.69) is 6.92 Å². The van der Waals surface area contributed by atoms with Crippen LogP contribution in [0, 0.1) is 5.92 Å². The minimum absolute atomic E-state index is 0.389. The van der Waals surface area contributed by atoms with Crippen LogP contribution >= 0.6 is 0 Å². The molecule has 0 N–H and O–H groups in total. The van der Waals surface area contributed by atoms with Crippen molar-refractivity contribution in [3.05, 3.63) is 35.4 Å². The lowest BCUT2D eigenvalue weighted by Crippen LogP contribution is -2.27. The van der Waals surface area contributed by atoms with E-state index in [1.165, 1.54) is 12.1 Å². The van der Waals surface area contributed by atoms with E-state index in [1.807, 2.05) is 0 Å². The Kier molecular flexibility index (Phi) is 5.05. The highest BCUT2D eigenvalue weighted by Gasteiger charge is 2.31. The molecule has 0 bridgehead atoms. The molecule has 1 aliphatic rings. The van der Waals surface area contributed by atoms with Gasteiger partial charge in [0, 0.05) is 11.5 Å². The average molecular weight is 288 g/mol. The molecular weight excluding hydrogens is 269 g/mol. The van der Waals surface area contributed by atoms with Crippen molar-refractivity contribution in [2.24, 2.45) is 5.92 Å². The fraction of sp³-hybridized carbons (Fsp3) is 0.600.